The number of nitrogens with zero attached hydrogens (tertiary/aromatic N) is 5. The monoisotopic (exact) mass is 556 g/mol. The molecule has 12 heteroatoms. The summed E-state index contributed by atoms with van der Waals surface area (Å²) < 4.78 is 27.7. The average Bonchev–Trinajstić information content (AvgIpc) is 2.81. The molecule has 0 spiro atoms. The number of hydrogen-bond acceptors (Lipinski definition) is 7. The zero-order chi connectivity index (χ0) is 23.6. The minimum atomic E-state index is -3.69. The van der Waals surface area contributed by atoms with Crippen LogP contribution in [0.1, 0.15) is 18.4 Å². The summed E-state index contributed by atoms with van der Waals surface area (Å²) in [5, 5.41) is 0.209. The first-order valence-corrected chi connectivity index (χ1v) is 13.4. The number of carbonyl (C=O) groups is 1. The maximum Gasteiger partial charge on any atom is 0.244 e. The van der Waals surface area contributed by atoms with E-state index in [2.05, 4.69) is 30.8 Å². The van der Waals surface area contributed by atoms with Crippen LogP contribution in [0.25, 0.3) is 0 Å². The number of pyridine rings is 2. The van der Waals surface area contributed by atoms with Crippen LogP contribution in [0.5, 0.6) is 0 Å². The number of hydrogen-bond donors (Lipinski definition) is 1. The molecule has 1 amide bonds. The van der Waals surface area contributed by atoms with Gasteiger partial charge in [0.1, 0.15) is 15.9 Å². The molecule has 4 rings (SSSR count). The van der Waals surface area contributed by atoms with Gasteiger partial charge in [-0.3, -0.25) is 9.69 Å². The summed E-state index contributed by atoms with van der Waals surface area (Å²) in [7, 11) is -3.69. The highest BCUT2D eigenvalue weighted by Gasteiger charge is 2.34. The van der Waals surface area contributed by atoms with Gasteiger partial charge in [0.25, 0.3) is 0 Å². The van der Waals surface area contributed by atoms with Crippen LogP contribution in [0.15, 0.2) is 40.0 Å². The Balaban J connectivity index is 1.28. The van der Waals surface area contributed by atoms with E-state index >= 15 is 0 Å². The number of piperidine rings is 1. The molecule has 2 fully saturated rings. The molecule has 4 heterocycles. The number of nitrogen functional groups attached to an aromatic ring is 1. The van der Waals surface area contributed by atoms with Crippen molar-refractivity contribution in [2.45, 2.75) is 24.3 Å². The van der Waals surface area contributed by atoms with E-state index in [1.54, 1.807) is 11.1 Å². The molecule has 0 aromatic carbocycles. The molecule has 0 radical (unpaired) electrons. The Kier molecular flexibility index (Phi) is 7.54. The first kappa shape index (κ1) is 24.3. The van der Waals surface area contributed by atoms with Gasteiger partial charge >= 0.3 is 0 Å². The van der Waals surface area contributed by atoms with Gasteiger partial charge in [0.05, 0.1) is 4.47 Å². The highest BCUT2D eigenvalue weighted by atomic mass is 79.9. The molecule has 0 aliphatic carbocycles. The fourth-order valence-electron chi connectivity index (χ4n) is 4.29. The quantitative estimate of drug-likeness (QED) is 0.561. The minimum absolute atomic E-state index is 0.0247. The Hall–Kier alpha value is -1.79. The highest BCUT2D eigenvalue weighted by Crippen LogP contribution is 2.26. The van der Waals surface area contributed by atoms with Crippen LogP contribution in [0.2, 0.25) is 5.15 Å². The van der Waals surface area contributed by atoms with Crippen molar-refractivity contribution >= 4 is 49.3 Å². The molecule has 2 N–H and O–H groups in total. The Morgan fingerprint density at radius 2 is 1.82 bits per heavy atom. The lowest BCUT2D eigenvalue weighted by Gasteiger charge is -2.38. The number of nitrogens with two attached hydrogens (primary N) is 1. The number of likely N-dealkylation sites (tertiary alicyclic amines) is 1. The summed E-state index contributed by atoms with van der Waals surface area (Å²) in [6.45, 7) is 3.76. The first-order chi connectivity index (χ1) is 15.7. The molecule has 33 heavy (non-hydrogen) atoms. The van der Waals surface area contributed by atoms with Crippen molar-refractivity contribution in [1.82, 2.24) is 24.1 Å². The second kappa shape index (κ2) is 10.2. The van der Waals surface area contributed by atoms with Gasteiger partial charge in [-0.2, -0.15) is 4.31 Å². The Bertz CT molecular complexity index is 1120. The number of piperazine rings is 1. The molecule has 0 saturated carbocycles. The van der Waals surface area contributed by atoms with E-state index < -0.39 is 10.0 Å². The normalized spacial score (nSPS) is 19.0. The maximum atomic E-state index is 13.1. The van der Waals surface area contributed by atoms with Gasteiger partial charge in [0.2, 0.25) is 15.9 Å². The van der Waals surface area contributed by atoms with Crippen LogP contribution in [0, 0.1) is 5.92 Å². The van der Waals surface area contributed by atoms with Crippen molar-refractivity contribution in [2.24, 2.45) is 5.92 Å². The van der Waals surface area contributed by atoms with Gasteiger partial charge in [-0.15, -0.1) is 0 Å². The van der Waals surface area contributed by atoms with E-state index in [0.29, 0.717) is 23.4 Å². The van der Waals surface area contributed by atoms with Crippen molar-refractivity contribution in [3.63, 3.8) is 0 Å². The molecule has 0 unspecified atom stereocenters. The lowest BCUT2D eigenvalue weighted by molar-refractivity contribution is -0.138. The van der Waals surface area contributed by atoms with Gasteiger partial charge in [0, 0.05) is 51.0 Å². The number of amides is 1. The number of halogens is 2. The van der Waals surface area contributed by atoms with Crippen LogP contribution in [-0.4, -0.2) is 77.7 Å². The van der Waals surface area contributed by atoms with E-state index in [1.165, 1.54) is 16.6 Å². The lowest BCUT2D eigenvalue weighted by atomic mass is 9.94. The zero-order valence-corrected chi connectivity index (χ0v) is 21.2. The second-order valence-electron chi connectivity index (χ2n) is 8.31. The van der Waals surface area contributed by atoms with Crippen molar-refractivity contribution in [3.05, 3.63) is 45.8 Å². The third kappa shape index (κ3) is 5.65. The van der Waals surface area contributed by atoms with Gasteiger partial charge in [0.15, 0.2) is 0 Å². The Morgan fingerprint density at radius 1 is 1.12 bits per heavy atom. The molecule has 2 aromatic rings. The summed E-state index contributed by atoms with van der Waals surface area (Å²) in [6.07, 6.45) is 4.56. The van der Waals surface area contributed by atoms with Crippen LogP contribution in [0.4, 0.5) is 5.82 Å². The summed E-state index contributed by atoms with van der Waals surface area (Å²) in [5.74, 6) is 0.609. The number of sulfonamides is 1. The standard InChI is InChI=1S/C21H26BrClN6O3S/c22-18-12-17(13-26-20(18)23)33(31,32)29-9-7-28(8-10-29)21(30)16-2-5-27(6-3-16)14-15-1-4-25-19(24)11-15/h1,4,11-13,16H,2-3,5-10,14H2,(H2,24,25). The van der Waals surface area contributed by atoms with E-state index in [4.69, 9.17) is 17.3 Å². The zero-order valence-electron chi connectivity index (χ0n) is 18.0. The molecule has 178 valence electrons. The van der Waals surface area contributed by atoms with E-state index in [-0.39, 0.29) is 35.0 Å². The van der Waals surface area contributed by atoms with Crippen molar-refractivity contribution in [2.75, 3.05) is 45.0 Å². The van der Waals surface area contributed by atoms with E-state index in [1.807, 2.05) is 12.1 Å². The number of carbonyl (C=O) groups excluding carboxylic acids is 1. The van der Waals surface area contributed by atoms with Gasteiger partial charge < -0.3 is 10.6 Å². The average molecular weight is 558 g/mol. The largest absolute Gasteiger partial charge is 0.384 e. The number of rotatable bonds is 5. The topological polar surface area (TPSA) is 113 Å². The minimum Gasteiger partial charge on any atom is -0.384 e. The fourth-order valence-corrected chi connectivity index (χ4v) is 6.29. The Labute approximate surface area is 207 Å². The van der Waals surface area contributed by atoms with Crippen LogP contribution in [-0.2, 0) is 21.4 Å². The van der Waals surface area contributed by atoms with Crippen molar-refractivity contribution in [1.29, 1.82) is 0 Å². The van der Waals surface area contributed by atoms with Gasteiger partial charge in [-0.25, -0.2) is 18.4 Å². The molecule has 2 aromatic heterocycles. The Morgan fingerprint density at radius 3 is 2.45 bits per heavy atom. The number of anilines is 1. The van der Waals surface area contributed by atoms with Crippen LogP contribution >= 0.6 is 27.5 Å². The molecule has 2 aliphatic rings. The lowest BCUT2D eigenvalue weighted by Crippen LogP contribution is -2.52. The highest BCUT2D eigenvalue weighted by molar-refractivity contribution is 9.10. The molecule has 0 bridgehead atoms. The maximum absolute atomic E-state index is 13.1. The molecule has 9 nitrogen and oxygen atoms in total. The predicted molar refractivity (Wildman–Crippen MR) is 129 cm³/mol. The third-order valence-electron chi connectivity index (χ3n) is 6.15. The number of aromatic nitrogens is 2. The summed E-state index contributed by atoms with van der Waals surface area (Å²) in [6, 6.07) is 5.29. The SMILES string of the molecule is Nc1cc(CN2CCC(C(=O)N3CCN(S(=O)(=O)c4cnc(Cl)c(Br)c4)CC3)CC2)ccn1. The summed E-state index contributed by atoms with van der Waals surface area (Å²) in [5.41, 5.74) is 6.88. The predicted octanol–water partition coefficient (Wildman–Crippen LogP) is 2.22. The summed E-state index contributed by atoms with van der Waals surface area (Å²) >= 11 is 9.10. The van der Waals surface area contributed by atoms with Crippen LogP contribution in [0.3, 0.4) is 0 Å². The fraction of sp³-hybridized carbons (Fsp3) is 0.476. The van der Waals surface area contributed by atoms with Gasteiger partial charge in [-0.1, -0.05) is 11.6 Å². The third-order valence-corrected chi connectivity index (χ3v) is 9.15. The molecule has 2 aliphatic heterocycles. The molecular weight excluding hydrogens is 532 g/mol. The first-order valence-electron chi connectivity index (χ1n) is 10.8. The smallest absolute Gasteiger partial charge is 0.244 e. The van der Waals surface area contributed by atoms with Crippen LogP contribution < -0.4 is 5.73 Å². The molecule has 2 saturated heterocycles. The summed E-state index contributed by atoms with van der Waals surface area (Å²) in [4.78, 5) is 25.2. The van der Waals surface area contributed by atoms with Crippen molar-refractivity contribution < 1.29 is 13.2 Å². The van der Waals surface area contributed by atoms with E-state index in [9.17, 15) is 13.2 Å². The second-order valence-corrected chi connectivity index (χ2v) is 11.5. The molecule has 0 atom stereocenters. The molecular formula is C21H26BrClN6O3S. The van der Waals surface area contributed by atoms with Crippen molar-refractivity contribution in [3.8, 4) is 0 Å². The van der Waals surface area contributed by atoms with Gasteiger partial charge in [-0.05, 0) is 65.6 Å². The van der Waals surface area contributed by atoms with E-state index in [0.717, 1.165) is 38.0 Å².